The summed E-state index contributed by atoms with van der Waals surface area (Å²) in [6, 6.07) is 29.5. The van der Waals surface area contributed by atoms with Crippen LogP contribution in [0.2, 0.25) is 10.0 Å². The van der Waals surface area contributed by atoms with Crippen LogP contribution in [0.4, 0.5) is 5.69 Å². The first-order chi connectivity index (χ1) is 19.8. The minimum Gasteiger partial charge on any atom is -0.457 e. The first-order valence-corrected chi connectivity index (χ1v) is 14.5. The fourth-order valence-electron chi connectivity index (χ4n) is 5.49. The van der Waals surface area contributed by atoms with Gasteiger partial charge in [-0.15, -0.1) is 0 Å². The van der Waals surface area contributed by atoms with Gasteiger partial charge in [0.05, 0.1) is 33.5 Å². The third-order valence-electron chi connectivity index (χ3n) is 7.43. The van der Waals surface area contributed by atoms with Crippen molar-refractivity contribution in [2.75, 3.05) is 4.90 Å². The number of hydrogen-bond acceptors (Lipinski definition) is 3. The molecule has 2 aromatic heterocycles. The normalized spacial score (nSPS) is 16.6. The van der Waals surface area contributed by atoms with E-state index in [9.17, 15) is 0 Å². The van der Waals surface area contributed by atoms with Crippen LogP contribution < -0.4 is 15.0 Å². The van der Waals surface area contributed by atoms with Crippen LogP contribution in [-0.4, -0.2) is 14.7 Å². The van der Waals surface area contributed by atoms with Crippen molar-refractivity contribution in [1.82, 2.24) is 14.9 Å². The SMILES string of the molecule is Cc1ccc(Oc2ccc(N3C(=S)N[C@@H](c4ccccn4)[C@H]3c3cc(C)n(-c4cccc(Cl)c4Cl)c3C)cc2)cc1. The zero-order valence-electron chi connectivity index (χ0n) is 22.8. The van der Waals surface area contributed by atoms with Gasteiger partial charge in [0, 0.05) is 23.3 Å². The highest BCUT2D eigenvalue weighted by molar-refractivity contribution is 7.80. The highest BCUT2D eigenvalue weighted by atomic mass is 35.5. The lowest BCUT2D eigenvalue weighted by Crippen LogP contribution is -2.29. The number of hydrogen-bond donors (Lipinski definition) is 1. The first kappa shape index (κ1) is 27.3. The summed E-state index contributed by atoms with van der Waals surface area (Å²) >= 11 is 19.0. The van der Waals surface area contributed by atoms with Gasteiger partial charge in [-0.2, -0.15) is 0 Å². The van der Waals surface area contributed by atoms with Gasteiger partial charge in [-0.3, -0.25) is 4.98 Å². The lowest BCUT2D eigenvalue weighted by Gasteiger charge is -2.28. The standard InChI is InChI=1S/C33H28Cl2N4OS/c1-20-10-14-24(15-11-20)40-25-16-12-23(13-17-25)39-32(31(37-33(39)41)28-8-4-5-18-36-28)26-19-21(2)38(22(26)3)29-9-6-7-27(34)30(29)35/h4-19,31-32H,1-3H3,(H,37,41)/t31-,32+/m0/s1. The predicted octanol–water partition coefficient (Wildman–Crippen LogP) is 9.07. The van der Waals surface area contributed by atoms with Gasteiger partial charge in [-0.25, -0.2) is 0 Å². The summed E-state index contributed by atoms with van der Waals surface area (Å²) in [5.74, 6) is 1.55. The molecule has 0 radical (unpaired) electrons. The summed E-state index contributed by atoms with van der Waals surface area (Å²) in [7, 11) is 0. The third kappa shape index (κ3) is 5.19. The van der Waals surface area contributed by atoms with E-state index in [1.807, 2.05) is 85.1 Å². The topological polar surface area (TPSA) is 42.3 Å². The second-order valence-corrected chi connectivity index (χ2v) is 11.3. The molecule has 3 aromatic carbocycles. The molecule has 1 saturated heterocycles. The van der Waals surface area contributed by atoms with Crippen molar-refractivity contribution in [3.63, 3.8) is 0 Å². The van der Waals surface area contributed by atoms with Gasteiger partial charge in [0.1, 0.15) is 11.5 Å². The van der Waals surface area contributed by atoms with E-state index in [2.05, 4.69) is 41.6 Å². The average molecular weight is 600 g/mol. The molecule has 5 nitrogen and oxygen atoms in total. The van der Waals surface area contributed by atoms with Gasteiger partial charge >= 0.3 is 0 Å². The number of rotatable bonds is 6. The first-order valence-electron chi connectivity index (χ1n) is 13.3. The Labute approximate surface area is 255 Å². The molecule has 1 fully saturated rings. The summed E-state index contributed by atoms with van der Waals surface area (Å²) in [4.78, 5) is 6.86. The van der Waals surface area contributed by atoms with Gasteiger partial charge in [0.25, 0.3) is 0 Å². The molecule has 2 atom stereocenters. The van der Waals surface area contributed by atoms with E-state index in [-0.39, 0.29) is 12.1 Å². The number of ether oxygens (including phenoxy) is 1. The molecule has 0 aliphatic carbocycles. The molecule has 1 N–H and O–H groups in total. The van der Waals surface area contributed by atoms with Gasteiger partial charge in [0.15, 0.2) is 5.11 Å². The number of pyridine rings is 1. The molecule has 3 heterocycles. The average Bonchev–Trinajstić information content (AvgIpc) is 3.47. The quantitative estimate of drug-likeness (QED) is 0.197. The summed E-state index contributed by atoms with van der Waals surface area (Å²) in [5.41, 5.74) is 7.09. The molecule has 6 rings (SSSR count). The molecule has 0 bridgehead atoms. The lowest BCUT2D eigenvalue weighted by molar-refractivity contribution is 0.482. The smallest absolute Gasteiger partial charge is 0.174 e. The Bertz CT molecular complexity index is 1720. The number of anilines is 1. The lowest BCUT2D eigenvalue weighted by atomic mass is 9.96. The highest BCUT2D eigenvalue weighted by Gasteiger charge is 2.42. The summed E-state index contributed by atoms with van der Waals surface area (Å²) < 4.78 is 8.23. The largest absolute Gasteiger partial charge is 0.457 e. The molecular formula is C33H28Cl2N4OS. The molecule has 1 aliphatic heterocycles. The van der Waals surface area contributed by atoms with Crippen LogP contribution >= 0.6 is 35.4 Å². The molecular weight excluding hydrogens is 571 g/mol. The predicted molar refractivity (Wildman–Crippen MR) is 171 cm³/mol. The maximum absolute atomic E-state index is 6.68. The van der Waals surface area contributed by atoms with Gasteiger partial charge < -0.3 is 19.5 Å². The fraction of sp³-hybridized carbons (Fsp3) is 0.152. The highest BCUT2D eigenvalue weighted by Crippen LogP contribution is 2.44. The van der Waals surface area contributed by atoms with Crippen LogP contribution in [0, 0.1) is 20.8 Å². The Morgan fingerprint density at radius 2 is 1.56 bits per heavy atom. The third-order valence-corrected chi connectivity index (χ3v) is 8.55. The van der Waals surface area contributed by atoms with Crippen LogP contribution in [0.3, 0.4) is 0 Å². The van der Waals surface area contributed by atoms with E-state index >= 15 is 0 Å². The molecule has 0 unspecified atom stereocenters. The second kappa shape index (κ2) is 11.2. The van der Waals surface area contributed by atoms with Gasteiger partial charge in [0.2, 0.25) is 0 Å². The summed E-state index contributed by atoms with van der Waals surface area (Å²) in [5, 5.41) is 5.21. The van der Waals surface area contributed by atoms with Crippen LogP contribution in [-0.2, 0) is 0 Å². The number of nitrogens with one attached hydrogen (secondary N) is 1. The molecule has 1 aliphatic rings. The van der Waals surface area contributed by atoms with Crippen LogP contribution in [0.1, 0.15) is 40.3 Å². The Morgan fingerprint density at radius 3 is 2.24 bits per heavy atom. The Kier molecular flexibility index (Phi) is 7.47. The van der Waals surface area contributed by atoms with Crippen molar-refractivity contribution >= 4 is 46.2 Å². The summed E-state index contributed by atoms with van der Waals surface area (Å²) in [6.07, 6.45) is 1.81. The zero-order chi connectivity index (χ0) is 28.7. The Morgan fingerprint density at radius 1 is 0.854 bits per heavy atom. The number of aryl methyl sites for hydroxylation is 2. The van der Waals surface area contributed by atoms with E-state index in [1.165, 1.54) is 5.56 Å². The second-order valence-electron chi connectivity index (χ2n) is 10.1. The number of thiocarbonyl (C=S) groups is 1. The minimum atomic E-state index is -0.170. The fourth-order valence-corrected chi connectivity index (χ4v) is 6.22. The molecule has 0 amide bonds. The van der Waals surface area contributed by atoms with E-state index < -0.39 is 0 Å². The van der Waals surface area contributed by atoms with Crippen molar-refractivity contribution in [2.24, 2.45) is 0 Å². The summed E-state index contributed by atoms with van der Waals surface area (Å²) in [6.45, 7) is 6.24. The maximum atomic E-state index is 6.68. The van der Waals surface area contributed by atoms with E-state index in [0.29, 0.717) is 15.2 Å². The molecule has 41 heavy (non-hydrogen) atoms. The van der Waals surface area contributed by atoms with E-state index in [4.69, 9.17) is 45.1 Å². The Balaban J connectivity index is 1.42. The van der Waals surface area contributed by atoms with Crippen LogP contribution in [0.15, 0.2) is 97.2 Å². The number of nitrogens with zero attached hydrogens (tertiary/aromatic N) is 3. The van der Waals surface area contributed by atoms with Crippen molar-refractivity contribution < 1.29 is 4.74 Å². The number of benzene rings is 3. The van der Waals surface area contributed by atoms with Gasteiger partial charge in [-0.1, -0.05) is 53.0 Å². The molecule has 0 saturated carbocycles. The minimum absolute atomic E-state index is 0.167. The van der Waals surface area contributed by atoms with Crippen LogP contribution in [0.25, 0.3) is 5.69 Å². The van der Waals surface area contributed by atoms with Crippen molar-refractivity contribution in [3.05, 3.63) is 135 Å². The van der Waals surface area contributed by atoms with Crippen molar-refractivity contribution in [2.45, 2.75) is 32.9 Å². The zero-order valence-corrected chi connectivity index (χ0v) is 25.1. The van der Waals surface area contributed by atoms with E-state index in [1.54, 1.807) is 6.07 Å². The Hall–Kier alpha value is -3.84. The molecule has 8 heteroatoms. The number of aromatic nitrogens is 2. The van der Waals surface area contributed by atoms with Crippen molar-refractivity contribution in [1.29, 1.82) is 0 Å². The monoisotopic (exact) mass is 598 g/mol. The molecule has 206 valence electrons. The van der Waals surface area contributed by atoms with E-state index in [0.717, 1.165) is 45.5 Å². The molecule has 0 spiro atoms. The maximum Gasteiger partial charge on any atom is 0.174 e. The van der Waals surface area contributed by atoms with Crippen molar-refractivity contribution in [3.8, 4) is 17.2 Å². The van der Waals surface area contributed by atoms with Crippen LogP contribution in [0.5, 0.6) is 11.5 Å². The molecule has 5 aromatic rings. The van der Waals surface area contributed by atoms with Gasteiger partial charge in [-0.05, 0) is 105 Å². The number of halogens is 2.